The van der Waals surface area contributed by atoms with E-state index in [1.165, 1.54) is 18.2 Å². The number of rotatable bonds is 7. The Morgan fingerprint density at radius 3 is 2.76 bits per heavy atom. The molecule has 3 rings (SSSR count). The Balaban J connectivity index is 1.56. The van der Waals surface area contributed by atoms with Gasteiger partial charge in [0.05, 0.1) is 5.75 Å². The van der Waals surface area contributed by atoms with Crippen LogP contribution in [0.25, 0.3) is 11.4 Å². The van der Waals surface area contributed by atoms with E-state index in [0.29, 0.717) is 23.4 Å². The van der Waals surface area contributed by atoms with Crippen LogP contribution in [0.4, 0.5) is 4.79 Å². The van der Waals surface area contributed by atoms with Gasteiger partial charge in [0.2, 0.25) is 5.91 Å². The van der Waals surface area contributed by atoms with Gasteiger partial charge in [0.1, 0.15) is 0 Å². The van der Waals surface area contributed by atoms with E-state index in [-0.39, 0.29) is 17.7 Å². The number of imide groups is 1. The second kappa shape index (κ2) is 10.2. The van der Waals surface area contributed by atoms with Crippen molar-refractivity contribution in [3.8, 4) is 11.4 Å². The first-order valence-electron chi connectivity index (χ1n) is 9.76. The van der Waals surface area contributed by atoms with E-state index in [1.54, 1.807) is 18.5 Å². The molecule has 154 valence electrons. The molecular formula is C20H26N6O2S. The van der Waals surface area contributed by atoms with E-state index >= 15 is 0 Å². The normalized spacial score (nSPS) is 18.8. The molecule has 0 aliphatic heterocycles. The summed E-state index contributed by atoms with van der Waals surface area (Å²) in [6.07, 6.45) is 9.49. The van der Waals surface area contributed by atoms with Crippen molar-refractivity contribution in [1.82, 2.24) is 30.4 Å². The fourth-order valence-electron chi connectivity index (χ4n) is 3.43. The lowest BCUT2D eigenvalue weighted by Gasteiger charge is -2.29. The maximum absolute atomic E-state index is 12.2. The lowest BCUT2D eigenvalue weighted by atomic mass is 9.86. The van der Waals surface area contributed by atoms with Crippen molar-refractivity contribution in [3.05, 3.63) is 37.2 Å². The highest BCUT2D eigenvalue weighted by Gasteiger charge is 2.23. The van der Waals surface area contributed by atoms with Crippen LogP contribution in [0.3, 0.4) is 0 Å². The number of carbonyl (C=O) groups excluding carboxylic acids is 2. The average molecular weight is 415 g/mol. The molecule has 2 N–H and O–H groups in total. The summed E-state index contributed by atoms with van der Waals surface area (Å²) < 4.78 is 1.88. The van der Waals surface area contributed by atoms with Gasteiger partial charge in [-0.2, -0.15) is 0 Å². The smallest absolute Gasteiger partial charge is 0.321 e. The number of hydrogen-bond donors (Lipinski definition) is 2. The van der Waals surface area contributed by atoms with E-state index in [0.717, 1.165) is 24.8 Å². The Bertz CT molecular complexity index is 854. The maximum Gasteiger partial charge on any atom is 0.321 e. The second-order valence-electron chi connectivity index (χ2n) is 7.12. The number of allylic oxidation sites excluding steroid dienone is 1. The van der Waals surface area contributed by atoms with E-state index < -0.39 is 6.03 Å². The highest BCUT2D eigenvalue weighted by Crippen LogP contribution is 2.24. The standard InChI is InChI=1S/C20H26N6O2S/c1-3-12-26-18(15-8-10-21-11-9-15)24-25-20(26)29-13-17(27)23-19(28)22-16-7-5-4-6-14(16)2/h3,8-11,14,16H,1,4-7,12-13H2,2H3,(H2,22,23,27,28)/t14-,16+/m1/s1. The molecule has 1 fully saturated rings. The molecule has 9 heteroatoms. The molecule has 8 nitrogen and oxygen atoms in total. The Morgan fingerprint density at radius 1 is 1.28 bits per heavy atom. The first-order chi connectivity index (χ1) is 14.1. The van der Waals surface area contributed by atoms with Crippen molar-refractivity contribution >= 4 is 23.7 Å². The van der Waals surface area contributed by atoms with Crippen LogP contribution in [0.15, 0.2) is 42.3 Å². The number of nitrogens with one attached hydrogen (secondary N) is 2. The van der Waals surface area contributed by atoms with Gasteiger partial charge < -0.3 is 5.32 Å². The molecule has 2 heterocycles. The number of hydrogen-bond acceptors (Lipinski definition) is 6. The molecule has 0 radical (unpaired) electrons. The van der Waals surface area contributed by atoms with E-state index in [1.807, 2.05) is 16.7 Å². The highest BCUT2D eigenvalue weighted by molar-refractivity contribution is 7.99. The number of thioether (sulfide) groups is 1. The quantitative estimate of drug-likeness (QED) is 0.533. The molecule has 2 atom stereocenters. The zero-order valence-electron chi connectivity index (χ0n) is 16.5. The number of carbonyl (C=O) groups is 2. The van der Waals surface area contributed by atoms with Gasteiger partial charge in [0.15, 0.2) is 11.0 Å². The van der Waals surface area contributed by atoms with Gasteiger partial charge >= 0.3 is 6.03 Å². The van der Waals surface area contributed by atoms with Crippen molar-refractivity contribution in [2.45, 2.75) is 50.4 Å². The zero-order chi connectivity index (χ0) is 20.6. The molecule has 0 unspecified atom stereocenters. The Labute approximate surface area is 174 Å². The molecule has 1 saturated carbocycles. The summed E-state index contributed by atoms with van der Waals surface area (Å²) in [5.74, 6) is 0.816. The summed E-state index contributed by atoms with van der Waals surface area (Å²) in [7, 11) is 0. The monoisotopic (exact) mass is 414 g/mol. The fraction of sp³-hybridized carbons (Fsp3) is 0.450. The van der Waals surface area contributed by atoms with Crippen LogP contribution in [-0.2, 0) is 11.3 Å². The Morgan fingerprint density at radius 2 is 2.03 bits per heavy atom. The van der Waals surface area contributed by atoms with Crippen LogP contribution in [-0.4, -0.2) is 43.5 Å². The predicted octanol–water partition coefficient (Wildman–Crippen LogP) is 3.02. The first-order valence-corrected chi connectivity index (χ1v) is 10.7. The van der Waals surface area contributed by atoms with Gasteiger partial charge in [-0.15, -0.1) is 16.8 Å². The Hall–Kier alpha value is -2.68. The lowest BCUT2D eigenvalue weighted by molar-refractivity contribution is -0.117. The van der Waals surface area contributed by atoms with Gasteiger partial charge in [-0.1, -0.05) is 37.6 Å². The van der Waals surface area contributed by atoms with Crippen LogP contribution in [0.5, 0.6) is 0 Å². The number of aromatic nitrogens is 4. The molecule has 29 heavy (non-hydrogen) atoms. The summed E-state index contributed by atoms with van der Waals surface area (Å²) >= 11 is 1.23. The molecule has 0 aromatic carbocycles. The highest BCUT2D eigenvalue weighted by atomic mass is 32.2. The number of nitrogens with zero attached hydrogens (tertiary/aromatic N) is 4. The van der Waals surface area contributed by atoms with Crippen molar-refractivity contribution in [2.24, 2.45) is 5.92 Å². The van der Waals surface area contributed by atoms with Crippen LogP contribution in [0, 0.1) is 5.92 Å². The van der Waals surface area contributed by atoms with Gasteiger partial charge in [-0.05, 0) is 30.9 Å². The van der Waals surface area contributed by atoms with Crippen molar-refractivity contribution < 1.29 is 9.59 Å². The van der Waals surface area contributed by atoms with E-state index in [4.69, 9.17) is 0 Å². The summed E-state index contributed by atoms with van der Waals surface area (Å²) in [4.78, 5) is 28.4. The number of pyridine rings is 1. The molecular weight excluding hydrogens is 388 g/mol. The molecule has 1 aliphatic carbocycles. The zero-order valence-corrected chi connectivity index (χ0v) is 17.3. The van der Waals surface area contributed by atoms with Crippen LogP contribution in [0.2, 0.25) is 0 Å². The minimum absolute atomic E-state index is 0.0687. The summed E-state index contributed by atoms with van der Waals surface area (Å²) in [6.45, 7) is 6.42. The van der Waals surface area contributed by atoms with E-state index in [9.17, 15) is 9.59 Å². The van der Waals surface area contributed by atoms with Gasteiger partial charge in [0.25, 0.3) is 0 Å². The first kappa shape index (κ1) is 21.0. The maximum atomic E-state index is 12.2. The molecule has 0 saturated heterocycles. The van der Waals surface area contributed by atoms with Crippen LogP contribution < -0.4 is 10.6 Å². The van der Waals surface area contributed by atoms with Gasteiger partial charge in [-0.25, -0.2) is 4.79 Å². The third-order valence-corrected chi connectivity index (χ3v) is 5.95. The van der Waals surface area contributed by atoms with Crippen LogP contribution in [0.1, 0.15) is 32.6 Å². The third-order valence-electron chi connectivity index (χ3n) is 4.98. The van der Waals surface area contributed by atoms with Crippen molar-refractivity contribution in [2.75, 3.05) is 5.75 Å². The Kier molecular flexibility index (Phi) is 7.40. The largest absolute Gasteiger partial charge is 0.335 e. The lowest BCUT2D eigenvalue weighted by Crippen LogP contribution is -2.48. The predicted molar refractivity (Wildman–Crippen MR) is 112 cm³/mol. The summed E-state index contributed by atoms with van der Waals surface area (Å²) in [5, 5.41) is 14.4. The molecule has 3 amide bonds. The molecule has 0 bridgehead atoms. The van der Waals surface area contributed by atoms with Crippen molar-refractivity contribution in [3.63, 3.8) is 0 Å². The molecule has 0 spiro atoms. The second-order valence-corrected chi connectivity index (χ2v) is 8.06. The minimum Gasteiger partial charge on any atom is -0.335 e. The summed E-state index contributed by atoms with van der Waals surface area (Å²) in [6, 6.07) is 3.39. The van der Waals surface area contributed by atoms with Crippen LogP contribution >= 0.6 is 11.8 Å². The number of urea groups is 1. The molecule has 2 aromatic rings. The van der Waals surface area contributed by atoms with Crippen molar-refractivity contribution in [1.29, 1.82) is 0 Å². The third kappa shape index (κ3) is 5.66. The summed E-state index contributed by atoms with van der Waals surface area (Å²) in [5.41, 5.74) is 0.881. The number of amides is 3. The van der Waals surface area contributed by atoms with Gasteiger partial charge in [0, 0.05) is 30.5 Å². The minimum atomic E-state index is -0.431. The van der Waals surface area contributed by atoms with Gasteiger partial charge in [-0.3, -0.25) is 19.7 Å². The van der Waals surface area contributed by atoms with E-state index in [2.05, 4.69) is 39.3 Å². The molecule has 2 aromatic heterocycles. The average Bonchev–Trinajstić information content (AvgIpc) is 3.12. The fourth-order valence-corrected chi connectivity index (χ4v) is 4.18. The molecule has 1 aliphatic rings. The topological polar surface area (TPSA) is 102 Å². The SMILES string of the molecule is C=CCn1c(SCC(=O)NC(=O)N[C@H]2CCCC[C@H]2C)nnc1-c1ccncc1.